The quantitative estimate of drug-likeness (QED) is 0.286. The fourth-order valence-corrected chi connectivity index (χ4v) is 6.03. The number of pyridine rings is 1. The van der Waals surface area contributed by atoms with Crippen molar-refractivity contribution in [3.8, 4) is 0 Å². The lowest BCUT2D eigenvalue weighted by atomic mass is 9.95. The van der Waals surface area contributed by atoms with Gasteiger partial charge in [0.05, 0.1) is 11.7 Å². The molecule has 5 heterocycles. The van der Waals surface area contributed by atoms with E-state index in [1.165, 1.54) is 13.3 Å². The summed E-state index contributed by atoms with van der Waals surface area (Å²) in [5.41, 5.74) is 3.23. The van der Waals surface area contributed by atoms with E-state index >= 15 is 0 Å². The van der Waals surface area contributed by atoms with Gasteiger partial charge >= 0.3 is 12.1 Å². The molecule has 0 N–H and O–H groups in total. The summed E-state index contributed by atoms with van der Waals surface area (Å²) in [7, 11) is 0. The molecule has 6 rings (SSSR count). The largest absolute Gasteiger partial charge is 0.451 e. The van der Waals surface area contributed by atoms with Crippen molar-refractivity contribution in [2.45, 2.75) is 71.8 Å². The van der Waals surface area contributed by atoms with Crippen LogP contribution < -0.4 is 4.90 Å². The van der Waals surface area contributed by atoms with Gasteiger partial charge in [0.25, 0.3) is 0 Å². The number of aromatic nitrogens is 5. The van der Waals surface area contributed by atoms with Crippen LogP contribution in [0.15, 0.2) is 36.9 Å². The molecule has 2 fully saturated rings. The second kappa shape index (κ2) is 12.0. The number of fused-ring (bicyclic) bond motifs is 2. The third-order valence-corrected chi connectivity index (χ3v) is 8.05. The molecule has 0 spiro atoms. The number of nitrogens with zero attached hydrogens (tertiary/aromatic N) is 7. The summed E-state index contributed by atoms with van der Waals surface area (Å²) in [6, 6.07) is 5.94. The number of carbonyl (C=O) groups excluding carboxylic acids is 2. The monoisotopic (exact) mass is 601 g/mol. The van der Waals surface area contributed by atoms with Crippen molar-refractivity contribution in [3.63, 3.8) is 0 Å². The Labute approximate surface area is 256 Å². The van der Waals surface area contributed by atoms with Crippen LogP contribution in [-0.2, 0) is 19.0 Å². The summed E-state index contributed by atoms with van der Waals surface area (Å²) in [5, 5.41) is 6.37. The second-order valence-electron chi connectivity index (χ2n) is 12.4. The highest BCUT2D eigenvalue weighted by Crippen LogP contribution is 2.38. The number of esters is 1. The maximum Gasteiger partial charge on any atom is 0.410 e. The number of amides is 1. The first kappa shape index (κ1) is 29.7. The summed E-state index contributed by atoms with van der Waals surface area (Å²) in [6.45, 7) is 11.9. The summed E-state index contributed by atoms with van der Waals surface area (Å²) < 4.78 is 19.6. The molecule has 4 aromatic rings. The van der Waals surface area contributed by atoms with E-state index in [0.717, 1.165) is 52.5 Å². The summed E-state index contributed by atoms with van der Waals surface area (Å²) in [4.78, 5) is 43.0. The van der Waals surface area contributed by atoms with Crippen LogP contribution in [0.1, 0.15) is 76.1 Å². The molecular formula is C32H39N7O5. The molecule has 12 nitrogen and oxygen atoms in total. The van der Waals surface area contributed by atoms with Gasteiger partial charge in [0.1, 0.15) is 29.0 Å². The van der Waals surface area contributed by atoms with Crippen LogP contribution in [-0.4, -0.2) is 80.1 Å². The average Bonchev–Trinajstić information content (AvgIpc) is 3.43. The summed E-state index contributed by atoms with van der Waals surface area (Å²) >= 11 is 0. The zero-order chi connectivity index (χ0) is 31.0. The molecule has 3 aromatic heterocycles. The lowest BCUT2D eigenvalue weighted by Crippen LogP contribution is -2.50. The molecule has 0 saturated carbocycles. The lowest BCUT2D eigenvalue weighted by Gasteiger charge is -2.36. The molecule has 2 atom stereocenters. The standard InChI is InChI=1S/C32H39N7O5/c1-20-9-10-24-23(18-36-39(24)25-8-6-7-17-42-25)26(20)29(43-21(2)40)28-27-22(11-12-33-28)30(35-19-34-27)37-13-15-38(16-14-37)31(41)44-32(3,4)5/h9-12,18-19,25,29H,6-8,13-17H2,1-5H3. The second-order valence-corrected chi connectivity index (χ2v) is 12.4. The van der Waals surface area contributed by atoms with Gasteiger partial charge in [-0.2, -0.15) is 5.10 Å². The van der Waals surface area contributed by atoms with Crippen molar-refractivity contribution in [1.82, 2.24) is 29.6 Å². The first-order chi connectivity index (χ1) is 21.1. The topological polar surface area (TPSA) is 125 Å². The molecule has 0 radical (unpaired) electrons. The number of aryl methyl sites for hydroxylation is 1. The molecule has 2 aliphatic heterocycles. The zero-order valence-electron chi connectivity index (χ0n) is 25.9. The van der Waals surface area contributed by atoms with Gasteiger partial charge in [-0.1, -0.05) is 6.07 Å². The van der Waals surface area contributed by atoms with Crippen molar-refractivity contribution < 1.29 is 23.8 Å². The number of anilines is 1. The molecular weight excluding hydrogens is 562 g/mol. The maximum atomic E-state index is 12.6. The van der Waals surface area contributed by atoms with Crippen LogP contribution in [0.3, 0.4) is 0 Å². The van der Waals surface area contributed by atoms with Gasteiger partial charge in [-0.05, 0) is 64.7 Å². The molecule has 1 amide bonds. The fraction of sp³-hybridized carbons (Fsp3) is 0.500. The number of rotatable bonds is 5. The first-order valence-electron chi connectivity index (χ1n) is 15.2. The van der Waals surface area contributed by atoms with Gasteiger partial charge in [-0.15, -0.1) is 0 Å². The molecule has 2 saturated heterocycles. The van der Waals surface area contributed by atoms with Gasteiger partial charge < -0.3 is 24.0 Å². The van der Waals surface area contributed by atoms with E-state index in [4.69, 9.17) is 24.3 Å². The number of benzene rings is 1. The van der Waals surface area contributed by atoms with Gasteiger partial charge in [-0.3, -0.25) is 9.78 Å². The van der Waals surface area contributed by atoms with Crippen LogP contribution in [0.2, 0.25) is 0 Å². The smallest absolute Gasteiger partial charge is 0.410 e. The fourth-order valence-electron chi connectivity index (χ4n) is 6.03. The molecule has 44 heavy (non-hydrogen) atoms. The van der Waals surface area contributed by atoms with E-state index in [-0.39, 0.29) is 12.3 Å². The predicted molar refractivity (Wildman–Crippen MR) is 164 cm³/mol. The van der Waals surface area contributed by atoms with Crippen LogP contribution in [0.4, 0.5) is 10.6 Å². The van der Waals surface area contributed by atoms with E-state index in [9.17, 15) is 9.59 Å². The van der Waals surface area contributed by atoms with Crippen molar-refractivity contribution in [1.29, 1.82) is 0 Å². The predicted octanol–water partition coefficient (Wildman–Crippen LogP) is 5.09. The van der Waals surface area contributed by atoms with E-state index in [1.54, 1.807) is 11.1 Å². The van der Waals surface area contributed by atoms with Gasteiger partial charge in [0.2, 0.25) is 0 Å². The van der Waals surface area contributed by atoms with Crippen LogP contribution in [0.25, 0.3) is 21.8 Å². The van der Waals surface area contributed by atoms with Crippen molar-refractivity contribution in [3.05, 3.63) is 53.7 Å². The molecule has 232 valence electrons. The third-order valence-electron chi connectivity index (χ3n) is 8.05. The zero-order valence-corrected chi connectivity index (χ0v) is 25.9. The Morgan fingerprint density at radius 2 is 1.82 bits per heavy atom. The van der Waals surface area contributed by atoms with Crippen LogP contribution in [0.5, 0.6) is 0 Å². The Kier molecular flexibility index (Phi) is 8.10. The van der Waals surface area contributed by atoms with Gasteiger partial charge in [0.15, 0.2) is 12.3 Å². The van der Waals surface area contributed by atoms with Crippen molar-refractivity contribution >= 4 is 39.7 Å². The number of piperazine rings is 1. The molecule has 2 unspecified atom stereocenters. The van der Waals surface area contributed by atoms with Crippen LogP contribution >= 0.6 is 0 Å². The van der Waals surface area contributed by atoms with Gasteiger partial charge in [0, 0.05) is 62.2 Å². The minimum atomic E-state index is -0.823. The minimum Gasteiger partial charge on any atom is -0.451 e. The Bertz CT molecular complexity index is 1680. The molecule has 1 aromatic carbocycles. The molecule has 0 bridgehead atoms. The van der Waals surface area contributed by atoms with Crippen LogP contribution in [0, 0.1) is 6.92 Å². The Balaban J connectivity index is 1.37. The summed E-state index contributed by atoms with van der Waals surface area (Å²) in [6.07, 6.45) is 6.78. The first-order valence-corrected chi connectivity index (χ1v) is 15.2. The molecule has 0 aliphatic carbocycles. The van der Waals surface area contributed by atoms with Gasteiger partial charge in [-0.25, -0.2) is 19.4 Å². The highest BCUT2D eigenvalue weighted by molar-refractivity contribution is 5.92. The highest BCUT2D eigenvalue weighted by Gasteiger charge is 2.31. The molecule has 12 heteroatoms. The Morgan fingerprint density at radius 1 is 1.02 bits per heavy atom. The highest BCUT2D eigenvalue weighted by atomic mass is 16.6. The number of hydrogen-bond donors (Lipinski definition) is 0. The van der Waals surface area contributed by atoms with Crippen molar-refractivity contribution in [2.75, 3.05) is 37.7 Å². The number of carbonyl (C=O) groups is 2. The summed E-state index contributed by atoms with van der Waals surface area (Å²) in [5.74, 6) is 0.307. The normalized spacial score (nSPS) is 18.4. The number of hydrogen-bond acceptors (Lipinski definition) is 10. The van der Waals surface area contributed by atoms with E-state index in [2.05, 4.69) is 14.9 Å². The van der Waals surface area contributed by atoms with E-state index in [0.29, 0.717) is 44.0 Å². The SMILES string of the molecule is CC(=O)OC(c1c(C)ccc2c1cnn2C1CCCCO1)c1nccc2c(N3CCN(C(=O)OC(C)(C)C)CC3)ncnc12. The minimum absolute atomic E-state index is 0.134. The maximum absolute atomic E-state index is 12.6. The van der Waals surface area contributed by atoms with E-state index in [1.807, 2.05) is 56.8 Å². The lowest BCUT2D eigenvalue weighted by molar-refractivity contribution is -0.144. The van der Waals surface area contributed by atoms with Crippen molar-refractivity contribution in [2.24, 2.45) is 0 Å². The Hall–Kier alpha value is -4.32. The Morgan fingerprint density at radius 3 is 2.52 bits per heavy atom. The third kappa shape index (κ3) is 5.90. The average molecular weight is 602 g/mol. The molecule has 2 aliphatic rings. The number of ether oxygens (including phenoxy) is 3. The van der Waals surface area contributed by atoms with E-state index < -0.39 is 17.7 Å².